The van der Waals surface area contributed by atoms with E-state index in [1.165, 1.54) is 21.7 Å². The summed E-state index contributed by atoms with van der Waals surface area (Å²) in [6.07, 6.45) is 2.71. The molecule has 6 nitrogen and oxygen atoms in total. The van der Waals surface area contributed by atoms with E-state index in [0.717, 1.165) is 35.4 Å². The molecule has 1 saturated heterocycles. The Hall–Kier alpha value is -2.55. The quantitative estimate of drug-likeness (QED) is 0.630. The highest BCUT2D eigenvalue weighted by Crippen LogP contribution is 2.33. The van der Waals surface area contributed by atoms with E-state index < -0.39 is 15.9 Å². The minimum atomic E-state index is -3.72. The molecule has 156 valence electrons. The molecule has 0 bridgehead atoms. The van der Waals surface area contributed by atoms with Crippen LogP contribution in [0.4, 0.5) is 5.13 Å². The highest BCUT2D eigenvalue weighted by Gasteiger charge is 2.30. The number of hydrogen-bond acceptors (Lipinski definition) is 5. The largest absolute Gasteiger partial charge is 0.298 e. The van der Waals surface area contributed by atoms with Crippen molar-refractivity contribution in [2.75, 3.05) is 18.4 Å². The van der Waals surface area contributed by atoms with Crippen LogP contribution in [0.15, 0.2) is 59.5 Å². The third-order valence-corrected chi connectivity index (χ3v) is 8.20. The van der Waals surface area contributed by atoms with E-state index in [9.17, 15) is 13.2 Å². The van der Waals surface area contributed by atoms with Gasteiger partial charge in [-0.25, -0.2) is 13.4 Å². The predicted octanol–water partition coefficient (Wildman–Crippen LogP) is 4.55. The molecule has 3 aromatic rings. The number of carbonyl (C=O) groups is 1. The van der Waals surface area contributed by atoms with E-state index in [4.69, 9.17) is 0 Å². The van der Waals surface area contributed by atoms with Crippen LogP contribution < -0.4 is 5.32 Å². The van der Waals surface area contributed by atoms with Gasteiger partial charge in [0.15, 0.2) is 5.13 Å². The minimum absolute atomic E-state index is 0.0426. The van der Waals surface area contributed by atoms with Crippen molar-refractivity contribution >= 4 is 32.4 Å². The van der Waals surface area contributed by atoms with Crippen molar-refractivity contribution in [3.63, 3.8) is 0 Å². The highest BCUT2D eigenvalue weighted by molar-refractivity contribution is 7.89. The predicted molar refractivity (Wildman–Crippen MR) is 119 cm³/mol. The second kappa shape index (κ2) is 8.67. The number of piperidine rings is 1. The molecule has 0 radical (unpaired) electrons. The lowest BCUT2D eigenvalue weighted by Crippen LogP contribution is -2.36. The van der Waals surface area contributed by atoms with Gasteiger partial charge in [-0.05, 0) is 37.5 Å². The summed E-state index contributed by atoms with van der Waals surface area (Å²) in [6, 6.07) is 16.2. The Labute approximate surface area is 180 Å². The summed E-state index contributed by atoms with van der Waals surface area (Å²) in [5.74, 6) is -0.473. The van der Waals surface area contributed by atoms with Gasteiger partial charge in [0.05, 0.1) is 21.0 Å². The number of benzene rings is 2. The number of thiazole rings is 1. The summed E-state index contributed by atoms with van der Waals surface area (Å²) in [5, 5.41) is 3.24. The number of nitrogens with zero attached hydrogens (tertiary/aromatic N) is 2. The van der Waals surface area contributed by atoms with Gasteiger partial charge < -0.3 is 0 Å². The van der Waals surface area contributed by atoms with E-state index in [1.807, 2.05) is 37.3 Å². The summed E-state index contributed by atoms with van der Waals surface area (Å²) < 4.78 is 27.8. The summed E-state index contributed by atoms with van der Waals surface area (Å²) in [6.45, 7) is 2.87. The molecule has 0 unspecified atom stereocenters. The number of aryl methyl sites for hydroxylation is 1. The van der Waals surface area contributed by atoms with E-state index in [-0.39, 0.29) is 10.5 Å². The normalized spacial score (nSPS) is 15.1. The zero-order valence-electron chi connectivity index (χ0n) is 16.7. The molecule has 4 rings (SSSR count). The fourth-order valence-electron chi connectivity index (χ4n) is 3.60. The number of hydrogen-bond donors (Lipinski definition) is 1. The average molecular weight is 442 g/mol. The third-order valence-electron chi connectivity index (χ3n) is 5.12. The van der Waals surface area contributed by atoms with Gasteiger partial charge in [-0.3, -0.25) is 10.1 Å². The summed E-state index contributed by atoms with van der Waals surface area (Å²) >= 11 is 1.37. The van der Waals surface area contributed by atoms with Crippen LogP contribution in [-0.2, 0) is 10.0 Å². The smallest absolute Gasteiger partial charge is 0.258 e. The number of anilines is 1. The number of aromatic nitrogens is 1. The van der Waals surface area contributed by atoms with Crippen LogP contribution in [0.3, 0.4) is 0 Å². The maximum absolute atomic E-state index is 13.1. The highest BCUT2D eigenvalue weighted by atomic mass is 32.2. The number of carbonyl (C=O) groups excluding carboxylic acids is 1. The molecule has 1 aromatic heterocycles. The zero-order chi connectivity index (χ0) is 21.1. The van der Waals surface area contributed by atoms with Gasteiger partial charge in [-0.1, -0.05) is 60.2 Å². The lowest BCUT2D eigenvalue weighted by molar-refractivity contribution is 0.102. The molecule has 1 aliphatic heterocycles. The van der Waals surface area contributed by atoms with Crippen molar-refractivity contribution in [1.82, 2.24) is 9.29 Å². The van der Waals surface area contributed by atoms with E-state index in [0.29, 0.717) is 18.2 Å². The molecule has 1 aliphatic rings. The van der Waals surface area contributed by atoms with Gasteiger partial charge in [-0.15, -0.1) is 0 Å². The van der Waals surface area contributed by atoms with E-state index in [1.54, 1.807) is 18.2 Å². The van der Waals surface area contributed by atoms with E-state index >= 15 is 0 Å². The minimum Gasteiger partial charge on any atom is -0.298 e. The summed E-state index contributed by atoms with van der Waals surface area (Å²) in [7, 11) is -3.72. The van der Waals surface area contributed by atoms with Crippen molar-refractivity contribution in [2.45, 2.75) is 31.1 Å². The first-order chi connectivity index (χ1) is 14.5. The fourth-order valence-corrected chi connectivity index (χ4v) is 6.27. The number of nitrogens with one attached hydrogen (secondary N) is 1. The SMILES string of the molecule is Cc1nc(NC(=O)c2ccccc2S(=O)(=O)N2CCCCC2)sc1-c1ccccc1. The molecule has 1 fully saturated rings. The Bertz CT molecular complexity index is 1150. The first-order valence-electron chi connectivity index (χ1n) is 9.90. The molecule has 1 N–H and O–H groups in total. The lowest BCUT2D eigenvalue weighted by Gasteiger charge is -2.26. The van der Waals surface area contributed by atoms with Crippen LogP contribution in [-0.4, -0.2) is 36.7 Å². The Morgan fingerprint density at radius 2 is 1.67 bits per heavy atom. The molecule has 8 heteroatoms. The molecule has 1 amide bonds. The average Bonchev–Trinajstić information content (AvgIpc) is 3.14. The Balaban J connectivity index is 1.61. The molecule has 2 aromatic carbocycles. The second-order valence-electron chi connectivity index (χ2n) is 7.21. The molecule has 0 saturated carbocycles. The van der Waals surface area contributed by atoms with Gasteiger partial charge in [0.2, 0.25) is 10.0 Å². The fraction of sp³-hybridized carbons (Fsp3) is 0.273. The number of sulfonamides is 1. The lowest BCUT2D eigenvalue weighted by atomic mass is 10.2. The second-order valence-corrected chi connectivity index (χ2v) is 10.1. The standard InChI is InChI=1S/C22H23N3O3S2/c1-16-20(17-10-4-2-5-11-17)29-22(23-16)24-21(26)18-12-6-7-13-19(18)30(27,28)25-14-8-3-9-15-25/h2,4-7,10-13H,3,8-9,14-15H2,1H3,(H,23,24,26). The molecule has 2 heterocycles. The van der Waals surface area contributed by atoms with Crippen LogP contribution in [0.25, 0.3) is 10.4 Å². The molecule has 30 heavy (non-hydrogen) atoms. The number of rotatable bonds is 5. The molecular formula is C22H23N3O3S2. The molecule has 0 aliphatic carbocycles. The van der Waals surface area contributed by atoms with Crippen LogP contribution in [0.2, 0.25) is 0 Å². The monoisotopic (exact) mass is 441 g/mol. The van der Waals surface area contributed by atoms with Crippen molar-refractivity contribution in [3.05, 3.63) is 65.9 Å². The molecule has 0 atom stereocenters. The maximum atomic E-state index is 13.1. The third kappa shape index (κ3) is 4.16. The van der Waals surface area contributed by atoms with Crippen LogP contribution in [0.5, 0.6) is 0 Å². The van der Waals surface area contributed by atoms with Gasteiger partial charge >= 0.3 is 0 Å². The van der Waals surface area contributed by atoms with Crippen molar-refractivity contribution in [3.8, 4) is 10.4 Å². The molecular weight excluding hydrogens is 418 g/mol. The zero-order valence-corrected chi connectivity index (χ0v) is 18.3. The Morgan fingerprint density at radius 3 is 2.40 bits per heavy atom. The first-order valence-corrected chi connectivity index (χ1v) is 12.2. The van der Waals surface area contributed by atoms with Crippen molar-refractivity contribution < 1.29 is 13.2 Å². The summed E-state index contributed by atoms with van der Waals surface area (Å²) in [4.78, 5) is 18.5. The van der Waals surface area contributed by atoms with Gasteiger partial charge in [0.25, 0.3) is 5.91 Å². The van der Waals surface area contributed by atoms with Gasteiger partial charge in [-0.2, -0.15) is 4.31 Å². The topological polar surface area (TPSA) is 79.4 Å². The van der Waals surface area contributed by atoms with Crippen LogP contribution in [0.1, 0.15) is 35.3 Å². The van der Waals surface area contributed by atoms with Gasteiger partial charge in [0.1, 0.15) is 0 Å². The van der Waals surface area contributed by atoms with Crippen LogP contribution in [0, 0.1) is 6.92 Å². The van der Waals surface area contributed by atoms with E-state index in [2.05, 4.69) is 10.3 Å². The number of amides is 1. The molecule has 0 spiro atoms. The first kappa shape index (κ1) is 20.7. The summed E-state index contributed by atoms with van der Waals surface area (Å²) in [5.41, 5.74) is 1.98. The van der Waals surface area contributed by atoms with Crippen LogP contribution >= 0.6 is 11.3 Å². The maximum Gasteiger partial charge on any atom is 0.258 e. The Morgan fingerprint density at radius 1 is 1.00 bits per heavy atom. The van der Waals surface area contributed by atoms with Crippen molar-refractivity contribution in [1.29, 1.82) is 0 Å². The Kier molecular flexibility index (Phi) is 5.99. The van der Waals surface area contributed by atoms with Crippen molar-refractivity contribution in [2.24, 2.45) is 0 Å². The van der Waals surface area contributed by atoms with Gasteiger partial charge in [0, 0.05) is 13.1 Å².